The molecule has 1 aromatic heterocycles. The molecule has 2 heterocycles. The predicted octanol–water partition coefficient (Wildman–Crippen LogP) is 1.06. The van der Waals surface area contributed by atoms with Gasteiger partial charge in [-0.2, -0.15) is 0 Å². The number of fused-ring (bicyclic) bond motifs is 3. The van der Waals surface area contributed by atoms with Crippen LogP contribution < -0.4 is 10.6 Å². The first-order chi connectivity index (χ1) is 9.20. The van der Waals surface area contributed by atoms with Crippen molar-refractivity contribution >= 4 is 28.8 Å². The van der Waals surface area contributed by atoms with Gasteiger partial charge in [0.2, 0.25) is 17.8 Å². The second-order valence-corrected chi connectivity index (χ2v) is 4.46. The maximum atomic E-state index is 11.9. The molecule has 1 atom stereocenters. The number of carbonyl (C=O) groups excluding carboxylic acids is 2. The first kappa shape index (κ1) is 11.7. The van der Waals surface area contributed by atoms with Crippen molar-refractivity contribution in [1.29, 1.82) is 0 Å². The normalized spacial score (nSPS) is 17.3. The fraction of sp³-hybridized carbons (Fsp3) is 0.308. The van der Waals surface area contributed by atoms with E-state index in [0.717, 1.165) is 11.0 Å². The highest BCUT2D eigenvalue weighted by Crippen LogP contribution is 2.31. The third kappa shape index (κ3) is 1.85. The van der Waals surface area contributed by atoms with Crippen LogP contribution in [0.25, 0.3) is 11.0 Å². The van der Waals surface area contributed by atoms with E-state index in [1.807, 2.05) is 31.2 Å². The lowest BCUT2D eigenvalue weighted by Gasteiger charge is -2.11. The minimum absolute atomic E-state index is 0.131. The Morgan fingerprint density at radius 2 is 2.26 bits per heavy atom. The molecule has 98 valence electrons. The molecule has 2 amide bonds. The second kappa shape index (κ2) is 4.38. The van der Waals surface area contributed by atoms with E-state index in [4.69, 9.17) is 0 Å². The fourth-order valence-corrected chi connectivity index (χ4v) is 2.39. The monoisotopic (exact) mass is 258 g/mol. The quantitative estimate of drug-likeness (QED) is 0.864. The summed E-state index contributed by atoms with van der Waals surface area (Å²) in [6, 6.07) is 7.05. The van der Waals surface area contributed by atoms with E-state index in [1.54, 1.807) is 4.57 Å². The third-order valence-electron chi connectivity index (χ3n) is 3.20. The zero-order chi connectivity index (χ0) is 13.4. The molecule has 0 bridgehead atoms. The summed E-state index contributed by atoms with van der Waals surface area (Å²) in [6.45, 7) is 2.41. The first-order valence-electron chi connectivity index (χ1n) is 6.25. The van der Waals surface area contributed by atoms with E-state index in [2.05, 4.69) is 15.6 Å². The van der Waals surface area contributed by atoms with Crippen molar-refractivity contribution in [1.82, 2.24) is 14.9 Å². The summed E-state index contributed by atoms with van der Waals surface area (Å²) < 4.78 is 1.80. The third-order valence-corrected chi connectivity index (χ3v) is 3.20. The van der Waals surface area contributed by atoms with Gasteiger partial charge in [0.15, 0.2) is 0 Å². The molecule has 1 aliphatic heterocycles. The number of hydrogen-bond donors (Lipinski definition) is 2. The van der Waals surface area contributed by atoms with Crippen LogP contribution in [-0.2, 0) is 9.59 Å². The molecule has 19 heavy (non-hydrogen) atoms. The van der Waals surface area contributed by atoms with Crippen molar-refractivity contribution in [3.63, 3.8) is 0 Å². The maximum Gasteiger partial charge on any atom is 0.250 e. The molecule has 0 saturated carbocycles. The molecular formula is C13H14N4O2. The van der Waals surface area contributed by atoms with Crippen LogP contribution in [0.1, 0.15) is 19.4 Å². The van der Waals surface area contributed by atoms with Gasteiger partial charge in [-0.15, -0.1) is 0 Å². The van der Waals surface area contributed by atoms with Gasteiger partial charge < -0.3 is 5.32 Å². The Labute approximate surface area is 109 Å². The lowest BCUT2D eigenvalue weighted by molar-refractivity contribution is -0.126. The molecule has 0 fully saturated rings. The molecule has 0 saturated heterocycles. The average Bonchev–Trinajstić information content (AvgIpc) is 2.87. The Morgan fingerprint density at radius 1 is 1.47 bits per heavy atom. The smallest absolute Gasteiger partial charge is 0.250 e. The van der Waals surface area contributed by atoms with Crippen LogP contribution in [0.2, 0.25) is 0 Å². The van der Waals surface area contributed by atoms with E-state index in [0.29, 0.717) is 12.5 Å². The van der Waals surface area contributed by atoms with Crippen molar-refractivity contribution in [3.05, 3.63) is 24.3 Å². The lowest BCUT2D eigenvalue weighted by atomic mass is 10.2. The highest BCUT2D eigenvalue weighted by molar-refractivity contribution is 6.01. The predicted molar refractivity (Wildman–Crippen MR) is 70.7 cm³/mol. The summed E-state index contributed by atoms with van der Waals surface area (Å²) in [7, 11) is 0. The number of carbonyl (C=O) groups is 2. The van der Waals surface area contributed by atoms with Gasteiger partial charge in [-0.3, -0.25) is 19.5 Å². The summed E-state index contributed by atoms with van der Waals surface area (Å²) in [6.07, 6.45) is 0.132. The van der Waals surface area contributed by atoms with Crippen LogP contribution in [0.3, 0.4) is 0 Å². The number of rotatable bonds is 3. The number of aromatic nitrogens is 2. The van der Waals surface area contributed by atoms with Gasteiger partial charge in [0, 0.05) is 6.54 Å². The van der Waals surface area contributed by atoms with Crippen molar-refractivity contribution in [2.75, 3.05) is 11.9 Å². The standard InChI is InChI=1S/C13H14N4O2/c1-2-14-11(18)7-10-12(19)16-13-15-8-5-3-4-6-9(8)17(10)13/h3-6,10H,2,7H2,1H3,(H,14,18)(H,15,16,19)/t10-/m1/s1. The number of amides is 2. The molecule has 0 spiro atoms. The molecule has 0 aliphatic carbocycles. The molecule has 2 N–H and O–H groups in total. The SMILES string of the molecule is CCNC(=O)C[C@@H]1C(=O)Nc2nc3ccccc3n21. The van der Waals surface area contributed by atoms with E-state index < -0.39 is 6.04 Å². The Hall–Kier alpha value is -2.37. The largest absolute Gasteiger partial charge is 0.356 e. The van der Waals surface area contributed by atoms with Gasteiger partial charge in [-0.25, -0.2) is 4.98 Å². The van der Waals surface area contributed by atoms with Gasteiger partial charge in [-0.1, -0.05) is 12.1 Å². The van der Waals surface area contributed by atoms with E-state index in [-0.39, 0.29) is 18.2 Å². The Kier molecular flexibility index (Phi) is 2.70. The van der Waals surface area contributed by atoms with Gasteiger partial charge in [0.1, 0.15) is 6.04 Å². The van der Waals surface area contributed by atoms with Gasteiger partial charge in [-0.05, 0) is 19.1 Å². The van der Waals surface area contributed by atoms with Crippen LogP contribution >= 0.6 is 0 Å². The molecule has 2 aromatic rings. The molecule has 0 radical (unpaired) electrons. The molecule has 0 unspecified atom stereocenters. The van der Waals surface area contributed by atoms with Crippen LogP contribution in [-0.4, -0.2) is 27.9 Å². The van der Waals surface area contributed by atoms with Crippen molar-refractivity contribution in [3.8, 4) is 0 Å². The molecule has 1 aromatic carbocycles. The highest BCUT2D eigenvalue weighted by Gasteiger charge is 2.34. The summed E-state index contributed by atoms with van der Waals surface area (Å²) in [5, 5.41) is 5.43. The minimum atomic E-state index is -0.519. The summed E-state index contributed by atoms with van der Waals surface area (Å²) >= 11 is 0. The molecular weight excluding hydrogens is 244 g/mol. The van der Waals surface area contributed by atoms with Crippen LogP contribution in [0.4, 0.5) is 5.95 Å². The van der Waals surface area contributed by atoms with Crippen molar-refractivity contribution in [2.45, 2.75) is 19.4 Å². The van der Waals surface area contributed by atoms with Crippen molar-refractivity contribution < 1.29 is 9.59 Å². The molecule has 6 heteroatoms. The van der Waals surface area contributed by atoms with Gasteiger partial charge >= 0.3 is 0 Å². The zero-order valence-electron chi connectivity index (χ0n) is 10.5. The van der Waals surface area contributed by atoms with Crippen LogP contribution in [0, 0.1) is 0 Å². The molecule has 3 rings (SSSR count). The lowest BCUT2D eigenvalue weighted by Crippen LogP contribution is -2.28. The number of nitrogens with one attached hydrogen (secondary N) is 2. The van der Waals surface area contributed by atoms with E-state index in [1.165, 1.54) is 0 Å². The first-order valence-corrected chi connectivity index (χ1v) is 6.25. The second-order valence-electron chi connectivity index (χ2n) is 4.46. The van der Waals surface area contributed by atoms with E-state index >= 15 is 0 Å². The number of para-hydroxylation sites is 2. The summed E-state index contributed by atoms with van der Waals surface area (Å²) in [5.74, 6) is 0.202. The van der Waals surface area contributed by atoms with Crippen LogP contribution in [0.5, 0.6) is 0 Å². The maximum absolute atomic E-state index is 11.9. The Balaban J connectivity index is 2.00. The summed E-state index contributed by atoms with van der Waals surface area (Å²) in [5.41, 5.74) is 1.68. The number of anilines is 1. The Morgan fingerprint density at radius 3 is 3.05 bits per heavy atom. The minimum Gasteiger partial charge on any atom is -0.356 e. The highest BCUT2D eigenvalue weighted by atomic mass is 16.2. The zero-order valence-corrected chi connectivity index (χ0v) is 10.5. The van der Waals surface area contributed by atoms with E-state index in [9.17, 15) is 9.59 Å². The van der Waals surface area contributed by atoms with Gasteiger partial charge in [0.25, 0.3) is 0 Å². The number of benzene rings is 1. The van der Waals surface area contributed by atoms with Crippen LogP contribution in [0.15, 0.2) is 24.3 Å². The number of nitrogens with zero attached hydrogens (tertiary/aromatic N) is 2. The van der Waals surface area contributed by atoms with Crippen molar-refractivity contribution in [2.24, 2.45) is 0 Å². The topological polar surface area (TPSA) is 76.0 Å². The average molecular weight is 258 g/mol. The number of hydrogen-bond acceptors (Lipinski definition) is 3. The molecule has 6 nitrogen and oxygen atoms in total. The van der Waals surface area contributed by atoms with Gasteiger partial charge in [0.05, 0.1) is 17.5 Å². The Bertz CT molecular complexity index is 662. The fourth-order valence-electron chi connectivity index (χ4n) is 2.39. The number of imidazole rings is 1. The molecule has 1 aliphatic rings. The summed E-state index contributed by atoms with van der Waals surface area (Å²) in [4.78, 5) is 28.0.